The zero-order chi connectivity index (χ0) is 5.11. The Hall–Kier alpha value is -0.520. The highest BCUT2D eigenvalue weighted by Crippen LogP contribution is 2.10. The van der Waals surface area contributed by atoms with Gasteiger partial charge in [0.1, 0.15) is 0 Å². The molecule has 0 heteroatoms. The van der Waals surface area contributed by atoms with Gasteiger partial charge in [0.25, 0.3) is 0 Å². The lowest BCUT2D eigenvalue weighted by molar-refractivity contribution is 1.15. The molecule has 0 bridgehead atoms. The minimum absolute atomic E-state index is 1.16. The Kier molecular flexibility index (Phi) is 1.30. The maximum Gasteiger partial charge on any atom is -0.0160 e. The van der Waals surface area contributed by atoms with Crippen LogP contribution in [0.25, 0.3) is 0 Å². The minimum Gasteiger partial charge on any atom is -0.0805 e. The van der Waals surface area contributed by atoms with Crippen molar-refractivity contribution in [2.45, 2.75) is 19.8 Å². The van der Waals surface area contributed by atoms with Gasteiger partial charge in [-0.2, -0.15) is 0 Å². The Morgan fingerprint density at radius 2 is 2.57 bits per heavy atom. The van der Waals surface area contributed by atoms with E-state index >= 15 is 0 Å². The smallest absolute Gasteiger partial charge is 0.0160 e. The molecule has 0 atom stereocenters. The van der Waals surface area contributed by atoms with Crippen molar-refractivity contribution in [3.63, 3.8) is 0 Å². The average Bonchev–Trinajstić information content (AvgIpc) is 2.14. The van der Waals surface area contributed by atoms with Crippen LogP contribution in [0.3, 0.4) is 0 Å². The second-order valence-electron chi connectivity index (χ2n) is 1.77. The molecule has 1 rings (SSSR count). The van der Waals surface area contributed by atoms with Crippen LogP contribution in [0.2, 0.25) is 0 Å². The summed E-state index contributed by atoms with van der Waals surface area (Å²) in [4.78, 5) is 0. The molecule has 0 spiro atoms. The highest BCUT2D eigenvalue weighted by atomic mass is 14.0. The van der Waals surface area contributed by atoms with Crippen molar-refractivity contribution in [1.29, 1.82) is 0 Å². The highest BCUT2D eigenvalue weighted by Gasteiger charge is 1.90. The van der Waals surface area contributed by atoms with E-state index in [9.17, 15) is 0 Å². The molecular weight excluding hydrogens is 84.1 g/mol. The van der Waals surface area contributed by atoms with Crippen LogP contribution in [0.1, 0.15) is 19.8 Å². The zero-order valence-electron chi connectivity index (χ0n) is 4.65. The van der Waals surface area contributed by atoms with Crippen molar-refractivity contribution in [1.82, 2.24) is 0 Å². The first-order valence-corrected chi connectivity index (χ1v) is 2.79. The Morgan fingerprint density at radius 3 is 2.86 bits per heavy atom. The molecular formula is C7H10. The molecule has 0 radical (unpaired) electrons. The van der Waals surface area contributed by atoms with Gasteiger partial charge < -0.3 is 0 Å². The average molecular weight is 94.2 g/mol. The molecule has 0 aromatic carbocycles. The lowest BCUT2D eigenvalue weighted by Crippen LogP contribution is -1.64. The third-order valence-electron chi connectivity index (χ3n) is 1.26. The third-order valence-corrected chi connectivity index (χ3v) is 1.26. The lowest BCUT2D eigenvalue weighted by atomic mass is 10.2. The molecule has 1 aliphatic carbocycles. The molecule has 0 nitrogen and oxygen atoms in total. The van der Waals surface area contributed by atoms with Crippen LogP contribution in [0.4, 0.5) is 0 Å². The monoisotopic (exact) mass is 94.1 g/mol. The second kappa shape index (κ2) is 1.97. The first-order valence-electron chi connectivity index (χ1n) is 2.79. The molecule has 0 heterocycles. The molecule has 0 aliphatic heterocycles. The Balaban J connectivity index is 2.52. The van der Waals surface area contributed by atoms with Crippen LogP contribution < -0.4 is 0 Å². The number of allylic oxidation sites excluding steroid dienone is 4. The largest absolute Gasteiger partial charge is 0.0805 e. The summed E-state index contributed by atoms with van der Waals surface area (Å²) in [6.07, 6.45) is 9.00. The maximum atomic E-state index is 2.26. The molecule has 0 aromatic rings. The summed E-state index contributed by atoms with van der Waals surface area (Å²) in [6, 6.07) is 0. The van der Waals surface area contributed by atoms with Gasteiger partial charge in [-0.15, -0.1) is 0 Å². The van der Waals surface area contributed by atoms with Crippen LogP contribution in [-0.2, 0) is 0 Å². The Bertz CT molecular complexity index is 107. The van der Waals surface area contributed by atoms with Crippen molar-refractivity contribution in [3.05, 3.63) is 23.8 Å². The van der Waals surface area contributed by atoms with Crippen LogP contribution in [0.15, 0.2) is 23.8 Å². The summed E-state index contributed by atoms with van der Waals surface area (Å²) in [5.74, 6) is 0. The first kappa shape index (κ1) is 4.63. The molecule has 0 saturated heterocycles. The Labute approximate surface area is 44.5 Å². The minimum atomic E-state index is 1.16. The molecule has 0 unspecified atom stereocenters. The molecule has 0 N–H and O–H groups in total. The molecule has 0 amide bonds. The van der Waals surface area contributed by atoms with Crippen molar-refractivity contribution in [2.75, 3.05) is 0 Å². The SMILES string of the molecule is CCC1=CCC=C1. The van der Waals surface area contributed by atoms with Gasteiger partial charge in [-0.1, -0.05) is 30.7 Å². The molecule has 1 aliphatic rings. The Morgan fingerprint density at radius 1 is 1.71 bits per heavy atom. The second-order valence-corrected chi connectivity index (χ2v) is 1.77. The van der Waals surface area contributed by atoms with Gasteiger partial charge in [0.2, 0.25) is 0 Å². The van der Waals surface area contributed by atoms with Gasteiger partial charge in [0.15, 0.2) is 0 Å². The van der Waals surface area contributed by atoms with Crippen molar-refractivity contribution >= 4 is 0 Å². The summed E-state index contributed by atoms with van der Waals surface area (Å²) in [5.41, 5.74) is 1.49. The van der Waals surface area contributed by atoms with E-state index in [1.54, 1.807) is 0 Å². The van der Waals surface area contributed by atoms with E-state index < -0.39 is 0 Å². The van der Waals surface area contributed by atoms with E-state index in [-0.39, 0.29) is 0 Å². The van der Waals surface area contributed by atoms with E-state index in [1.165, 1.54) is 12.0 Å². The summed E-state index contributed by atoms with van der Waals surface area (Å²) in [7, 11) is 0. The molecule has 38 valence electrons. The lowest BCUT2D eigenvalue weighted by Gasteiger charge is -1.84. The number of hydrogen-bond acceptors (Lipinski definition) is 0. The van der Waals surface area contributed by atoms with Gasteiger partial charge in [-0.05, 0) is 12.8 Å². The topological polar surface area (TPSA) is 0 Å². The molecule has 0 aromatic heterocycles. The fraction of sp³-hybridized carbons (Fsp3) is 0.429. The van der Waals surface area contributed by atoms with Crippen LogP contribution in [0, 0.1) is 0 Å². The summed E-state index contributed by atoms with van der Waals surface area (Å²) in [5, 5.41) is 0. The van der Waals surface area contributed by atoms with Gasteiger partial charge in [-0.25, -0.2) is 0 Å². The standard InChI is InChI=1S/C7H10/c1-2-7-5-3-4-6-7/h3,5-6H,2,4H2,1H3. The highest BCUT2D eigenvalue weighted by molar-refractivity contribution is 5.25. The zero-order valence-corrected chi connectivity index (χ0v) is 4.65. The summed E-state index contributed by atoms with van der Waals surface area (Å²) < 4.78 is 0. The van der Waals surface area contributed by atoms with E-state index in [1.807, 2.05) is 0 Å². The number of hydrogen-bond donors (Lipinski definition) is 0. The van der Waals surface area contributed by atoms with Crippen LogP contribution in [0.5, 0.6) is 0 Å². The fourth-order valence-corrected chi connectivity index (χ4v) is 0.769. The van der Waals surface area contributed by atoms with E-state index in [0.717, 1.165) is 6.42 Å². The number of rotatable bonds is 1. The van der Waals surface area contributed by atoms with Crippen LogP contribution in [-0.4, -0.2) is 0 Å². The summed E-state index contributed by atoms with van der Waals surface area (Å²) >= 11 is 0. The first-order chi connectivity index (χ1) is 3.43. The van der Waals surface area contributed by atoms with Crippen molar-refractivity contribution in [3.8, 4) is 0 Å². The quantitative estimate of drug-likeness (QED) is 0.467. The molecule has 0 fully saturated rings. The van der Waals surface area contributed by atoms with Crippen molar-refractivity contribution in [2.24, 2.45) is 0 Å². The van der Waals surface area contributed by atoms with E-state index in [2.05, 4.69) is 25.2 Å². The predicted molar refractivity (Wildman–Crippen MR) is 32.1 cm³/mol. The normalized spacial score (nSPS) is 17.6. The van der Waals surface area contributed by atoms with Gasteiger partial charge in [0, 0.05) is 0 Å². The van der Waals surface area contributed by atoms with Crippen LogP contribution >= 0.6 is 0 Å². The third kappa shape index (κ3) is 0.923. The summed E-state index contributed by atoms with van der Waals surface area (Å²) in [6.45, 7) is 2.18. The maximum absolute atomic E-state index is 2.26. The molecule has 7 heavy (non-hydrogen) atoms. The van der Waals surface area contributed by atoms with E-state index in [0.29, 0.717) is 0 Å². The van der Waals surface area contributed by atoms with Gasteiger partial charge in [0.05, 0.1) is 0 Å². The fourth-order valence-electron chi connectivity index (χ4n) is 0.769. The predicted octanol–water partition coefficient (Wildman–Crippen LogP) is 2.28. The molecule has 0 saturated carbocycles. The van der Waals surface area contributed by atoms with Gasteiger partial charge >= 0.3 is 0 Å². The van der Waals surface area contributed by atoms with Gasteiger partial charge in [-0.3, -0.25) is 0 Å². The van der Waals surface area contributed by atoms with E-state index in [4.69, 9.17) is 0 Å². The van der Waals surface area contributed by atoms with Crippen molar-refractivity contribution < 1.29 is 0 Å².